The summed E-state index contributed by atoms with van der Waals surface area (Å²) < 4.78 is 0. The molecule has 2 heteroatoms. The molecule has 1 unspecified atom stereocenters. The maximum absolute atomic E-state index is 9.45. The second-order valence-corrected chi connectivity index (χ2v) is 4.49. The largest absolute Gasteiger partial charge is 0.390 e. The standard InChI is InChI=1S/C10H22O2/c1-8(2)6-5-7-9(11)10(3,4)12/h8-9,11-12H,5-7H2,1-4H3. The third kappa shape index (κ3) is 5.56. The zero-order valence-electron chi connectivity index (χ0n) is 8.67. The van der Waals surface area contributed by atoms with E-state index in [-0.39, 0.29) is 0 Å². The van der Waals surface area contributed by atoms with Gasteiger partial charge in [-0.05, 0) is 26.2 Å². The molecular weight excluding hydrogens is 152 g/mol. The molecule has 0 aromatic rings. The summed E-state index contributed by atoms with van der Waals surface area (Å²) in [7, 11) is 0. The van der Waals surface area contributed by atoms with E-state index < -0.39 is 11.7 Å². The number of aliphatic hydroxyl groups is 2. The molecule has 2 nitrogen and oxygen atoms in total. The Balaban J connectivity index is 3.51. The molecule has 0 heterocycles. The van der Waals surface area contributed by atoms with Crippen molar-refractivity contribution in [2.45, 2.75) is 58.7 Å². The van der Waals surface area contributed by atoms with Crippen molar-refractivity contribution in [2.24, 2.45) is 5.92 Å². The number of hydrogen-bond acceptors (Lipinski definition) is 2. The van der Waals surface area contributed by atoms with Crippen molar-refractivity contribution in [3.05, 3.63) is 0 Å². The molecule has 74 valence electrons. The summed E-state index contributed by atoms with van der Waals surface area (Å²) in [6, 6.07) is 0. The van der Waals surface area contributed by atoms with Gasteiger partial charge in [-0.1, -0.05) is 26.7 Å². The minimum absolute atomic E-state index is 0.587. The number of hydrogen-bond donors (Lipinski definition) is 2. The van der Waals surface area contributed by atoms with Crippen LogP contribution in [-0.2, 0) is 0 Å². The van der Waals surface area contributed by atoms with Crippen molar-refractivity contribution in [2.75, 3.05) is 0 Å². The third-order valence-electron chi connectivity index (χ3n) is 2.07. The zero-order chi connectivity index (χ0) is 9.78. The van der Waals surface area contributed by atoms with E-state index in [1.54, 1.807) is 13.8 Å². The fourth-order valence-electron chi connectivity index (χ4n) is 1.07. The summed E-state index contributed by atoms with van der Waals surface area (Å²) in [6.07, 6.45) is 2.22. The van der Waals surface area contributed by atoms with Crippen molar-refractivity contribution in [3.63, 3.8) is 0 Å². The van der Waals surface area contributed by atoms with E-state index in [2.05, 4.69) is 13.8 Å². The summed E-state index contributed by atoms with van der Waals surface area (Å²) in [4.78, 5) is 0. The van der Waals surface area contributed by atoms with Crippen LogP contribution >= 0.6 is 0 Å². The molecule has 0 bridgehead atoms. The van der Waals surface area contributed by atoms with E-state index in [9.17, 15) is 10.2 Å². The van der Waals surface area contributed by atoms with E-state index in [1.807, 2.05) is 0 Å². The molecule has 0 aliphatic carbocycles. The average Bonchev–Trinajstić information content (AvgIpc) is 1.84. The lowest BCUT2D eigenvalue weighted by Crippen LogP contribution is -2.35. The number of aliphatic hydroxyl groups excluding tert-OH is 1. The summed E-state index contributed by atoms with van der Waals surface area (Å²) in [5, 5.41) is 18.8. The van der Waals surface area contributed by atoms with Crippen molar-refractivity contribution in [1.82, 2.24) is 0 Å². The third-order valence-corrected chi connectivity index (χ3v) is 2.07. The Labute approximate surface area is 75.6 Å². The highest BCUT2D eigenvalue weighted by Gasteiger charge is 2.23. The van der Waals surface area contributed by atoms with Crippen molar-refractivity contribution >= 4 is 0 Å². The first-order valence-electron chi connectivity index (χ1n) is 4.74. The lowest BCUT2D eigenvalue weighted by molar-refractivity contribution is -0.0524. The Morgan fingerprint density at radius 1 is 1.17 bits per heavy atom. The van der Waals surface area contributed by atoms with Gasteiger partial charge in [0.15, 0.2) is 0 Å². The van der Waals surface area contributed by atoms with Gasteiger partial charge in [0.05, 0.1) is 11.7 Å². The molecule has 0 fully saturated rings. The van der Waals surface area contributed by atoms with Crippen molar-refractivity contribution in [3.8, 4) is 0 Å². The summed E-state index contributed by atoms with van der Waals surface area (Å²) in [5.74, 6) is 0.680. The fourth-order valence-corrected chi connectivity index (χ4v) is 1.07. The molecule has 0 spiro atoms. The molecule has 0 aliphatic rings. The molecule has 0 aromatic heterocycles. The van der Waals surface area contributed by atoms with E-state index >= 15 is 0 Å². The maximum Gasteiger partial charge on any atom is 0.0849 e. The van der Waals surface area contributed by atoms with Crippen molar-refractivity contribution < 1.29 is 10.2 Å². The zero-order valence-corrected chi connectivity index (χ0v) is 8.67. The van der Waals surface area contributed by atoms with Gasteiger partial charge in [-0.3, -0.25) is 0 Å². The predicted octanol–water partition coefficient (Wildman–Crippen LogP) is 1.94. The van der Waals surface area contributed by atoms with Crippen LogP contribution in [0.5, 0.6) is 0 Å². The Morgan fingerprint density at radius 3 is 2.00 bits per heavy atom. The van der Waals surface area contributed by atoms with E-state index in [0.29, 0.717) is 12.3 Å². The Kier molecular flexibility index (Phi) is 4.80. The molecule has 0 saturated carbocycles. The normalized spacial score (nSPS) is 15.2. The minimum atomic E-state index is -0.947. The van der Waals surface area contributed by atoms with Gasteiger partial charge in [0.2, 0.25) is 0 Å². The second kappa shape index (κ2) is 4.83. The Morgan fingerprint density at radius 2 is 1.67 bits per heavy atom. The van der Waals surface area contributed by atoms with Gasteiger partial charge in [0, 0.05) is 0 Å². The molecule has 0 aromatic carbocycles. The molecular formula is C10H22O2. The smallest absolute Gasteiger partial charge is 0.0849 e. The fraction of sp³-hybridized carbons (Fsp3) is 1.00. The highest BCUT2D eigenvalue weighted by atomic mass is 16.3. The van der Waals surface area contributed by atoms with Crippen LogP contribution in [0.25, 0.3) is 0 Å². The molecule has 1 atom stereocenters. The first-order chi connectivity index (χ1) is 5.34. The summed E-state index contributed by atoms with van der Waals surface area (Å²) in [5.41, 5.74) is -0.947. The van der Waals surface area contributed by atoms with Crippen LogP contribution in [0.15, 0.2) is 0 Å². The van der Waals surface area contributed by atoms with Gasteiger partial charge in [0.25, 0.3) is 0 Å². The van der Waals surface area contributed by atoms with Crippen LogP contribution in [0.4, 0.5) is 0 Å². The summed E-state index contributed by atoms with van der Waals surface area (Å²) in [6.45, 7) is 7.62. The topological polar surface area (TPSA) is 40.5 Å². The van der Waals surface area contributed by atoms with E-state index in [4.69, 9.17) is 0 Å². The Hall–Kier alpha value is -0.0800. The highest BCUT2D eigenvalue weighted by Crippen LogP contribution is 2.16. The molecule has 0 rings (SSSR count). The predicted molar refractivity (Wildman–Crippen MR) is 51.0 cm³/mol. The maximum atomic E-state index is 9.45. The van der Waals surface area contributed by atoms with Gasteiger partial charge >= 0.3 is 0 Å². The van der Waals surface area contributed by atoms with Crippen LogP contribution < -0.4 is 0 Å². The van der Waals surface area contributed by atoms with Gasteiger partial charge in [-0.15, -0.1) is 0 Å². The quantitative estimate of drug-likeness (QED) is 0.668. The van der Waals surface area contributed by atoms with Gasteiger partial charge in [0.1, 0.15) is 0 Å². The first kappa shape index (κ1) is 11.9. The number of rotatable bonds is 5. The Bertz CT molecular complexity index is 113. The molecule has 0 radical (unpaired) electrons. The first-order valence-corrected chi connectivity index (χ1v) is 4.74. The molecule has 0 amide bonds. The lowest BCUT2D eigenvalue weighted by atomic mass is 9.95. The molecule has 2 N–H and O–H groups in total. The van der Waals surface area contributed by atoms with E-state index in [0.717, 1.165) is 12.8 Å². The van der Waals surface area contributed by atoms with Crippen LogP contribution in [0, 0.1) is 5.92 Å². The highest BCUT2D eigenvalue weighted by molar-refractivity contribution is 4.75. The van der Waals surface area contributed by atoms with Crippen LogP contribution in [0.2, 0.25) is 0 Å². The molecule has 0 saturated heterocycles. The SMILES string of the molecule is CC(C)CCCC(O)C(C)(C)O. The van der Waals surface area contributed by atoms with Crippen LogP contribution in [0.3, 0.4) is 0 Å². The van der Waals surface area contributed by atoms with Gasteiger partial charge in [-0.25, -0.2) is 0 Å². The van der Waals surface area contributed by atoms with Crippen LogP contribution in [0.1, 0.15) is 47.0 Å². The molecule has 0 aliphatic heterocycles. The minimum Gasteiger partial charge on any atom is -0.390 e. The monoisotopic (exact) mass is 174 g/mol. The van der Waals surface area contributed by atoms with Gasteiger partial charge in [-0.2, -0.15) is 0 Å². The van der Waals surface area contributed by atoms with Gasteiger partial charge < -0.3 is 10.2 Å². The van der Waals surface area contributed by atoms with Crippen molar-refractivity contribution in [1.29, 1.82) is 0 Å². The summed E-state index contributed by atoms with van der Waals surface area (Å²) >= 11 is 0. The molecule has 12 heavy (non-hydrogen) atoms. The van der Waals surface area contributed by atoms with E-state index in [1.165, 1.54) is 0 Å². The second-order valence-electron chi connectivity index (χ2n) is 4.49. The lowest BCUT2D eigenvalue weighted by Gasteiger charge is -2.24. The van der Waals surface area contributed by atoms with Crippen LogP contribution in [-0.4, -0.2) is 21.9 Å². The average molecular weight is 174 g/mol.